The second kappa shape index (κ2) is 6.24. The number of hydrogen-bond acceptors (Lipinski definition) is 3. The summed E-state index contributed by atoms with van der Waals surface area (Å²) < 4.78 is 0. The summed E-state index contributed by atoms with van der Waals surface area (Å²) in [7, 11) is 1.95. The first-order chi connectivity index (χ1) is 7.72. The third-order valence-corrected chi connectivity index (χ3v) is 2.66. The van der Waals surface area contributed by atoms with Crippen LogP contribution >= 0.6 is 0 Å². The molecule has 3 nitrogen and oxygen atoms in total. The normalized spacial score (nSPS) is 12.1. The van der Waals surface area contributed by atoms with Crippen molar-refractivity contribution in [2.24, 2.45) is 0 Å². The molecular formula is C13H19N3. The third kappa shape index (κ3) is 3.04. The predicted molar refractivity (Wildman–Crippen MR) is 66.0 cm³/mol. The van der Waals surface area contributed by atoms with Gasteiger partial charge in [0.05, 0.1) is 11.4 Å². The molecule has 1 aromatic rings. The van der Waals surface area contributed by atoms with Crippen molar-refractivity contribution in [1.82, 2.24) is 15.5 Å². The third-order valence-electron chi connectivity index (χ3n) is 2.66. The van der Waals surface area contributed by atoms with Crippen LogP contribution in [0.25, 0.3) is 0 Å². The zero-order valence-corrected chi connectivity index (χ0v) is 10.2. The monoisotopic (exact) mass is 217 g/mol. The fourth-order valence-electron chi connectivity index (χ4n) is 1.79. The lowest BCUT2D eigenvalue weighted by Crippen LogP contribution is -2.19. The summed E-state index contributed by atoms with van der Waals surface area (Å²) in [5.41, 5.74) is 3.24. The van der Waals surface area contributed by atoms with Gasteiger partial charge in [0.25, 0.3) is 0 Å². The van der Waals surface area contributed by atoms with Crippen LogP contribution in [-0.2, 0) is 6.42 Å². The SMILES string of the molecule is C#CCCC(NC)c1cc(C)nnc1CC. The van der Waals surface area contributed by atoms with Crippen LogP contribution in [0.2, 0.25) is 0 Å². The van der Waals surface area contributed by atoms with Crippen LogP contribution in [0, 0.1) is 19.3 Å². The van der Waals surface area contributed by atoms with Crippen molar-refractivity contribution in [1.29, 1.82) is 0 Å². The van der Waals surface area contributed by atoms with Gasteiger partial charge in [-0.2, -0.15) is 10.2 Å². The molecule has 0 spiro atoms. The molecule has 0 aliphatic rings. The molecule has 0 amide bonds. The number of aromatic nitrogens is 2. The number of nitrogens with zero attached hydrogens (tertiary/aromatic N) is 2. The summed E-state index contributed by atoms with van der Waals surface area (Å²) in [6, 6.07) is 2.38. The Morgan fingerprint density at radius 1 is 1.50 bits per heavy atom. The Balaban J connectivity index is 2.98. The lowest BCUT2D eigenvalue weighted by Gasteiger charge is -2.18. The van der Waals surface area contributed by atoms with E-state index in [1.54, 1.807) is 0 Å². The largest absolute Gasteiger partial charge is 0.313 e. The van der Waals surface area contributed by atoms with Gasteiger partial charge in [-0.1, -0.05) is 6.92 Å². The number of nitrogens with one attached hydrogen (secondary N) is 1. The molecule has 1 rings (SSSR count). The fraction of sp³-hybridized carbons (Fsp3) is 0.538. The molecule has 1 aromatic heterocycles. The van der Waals surface area contributed by atoms with Gasteiger partial charge in [-0.3, -0.25) is 0 Å². The Hall–Kier alpha value is -1.40. The van der Waals surface area contributed by atoms with Crippen molar-refractivity contribution in [2.75, 3.05) is 7.05 Å². The number of rotatable bonds is 5. The molecule has 3 heteroatoms. The zero-order valence-electron chi connectivity index (χ0n) is 10.2. The molecule has 16 heavy (non-hydrogen) atoms. The van der Waals surface area contributed by atoms with Crippen LogP contribution in [0.1, 0.15) is 42.8 Å². The lowest BCUT2D eigenvalue weighted by molar-refractivity contribution is 0.547. The maximum atomic E-state index is 5.30. The molecule has 0 saturated heterocycles. The highest BCUT2D eigenvalue weighted by atomic mass is 15.1. The Bertz CT molecular complexity index is 379. The summed E-state index contributed by atoms with van der Waals surface area (Å²) in [5.74, 6) is 2.68. The number of aryl methyl sites for hydroxylation is 2. The van der Waals surface area contributed by atoms with Gasteiger partial charge < -0.3 is 5.32 Å². The van der Waals surface area contributed by atoms with Crippen molar-refractivity contribution in [2.45, 2.75) is 39.2 Å². The maximum Gasteiger partial charge on any atom is 0.0676 e. The Morgan fingerprint density at radius 2 is 2.25 bits per heavy atom. The Morgan fingerprint density at radius 3 is 2.81 bits per heavy atom. The van der Waals surface area contributed by atoms with Gasteiger partial charge in [-0.25, -0.2) is 0 Å². The Labute approximate surface area is 97.7 Å². The lowest BCUT2D eigenvalue weighted by atomic mass is 9.99. The van der Waals surface area contributed by atoms with Crippen LogP contribution in [-0.4, -0.2) is 17.2 Å². The van der Waals surface area contributed by atoms with Gasteiger partial charge in [0, 0.05) is 12.5 Å². The molecule has 0 aromatic carbocycles. The summed E-state index contributed by atoms with van der Waals surface area (Å²) in [4.78, 5) is 0. The van der Waals surface area contributed by atoms with Crippen molar-refractivity contribution in [3.05, 3.63) is 23.0 Å². The van der Waals surface area contributed by atoms with Crippen LogP contribution in [0.15, 0.2) is 6.07 Å². The molecule has 0 bridgehead atoms. The Kier molecular flexibility index (Phi) is 4.94. The first-order valence-corrected chi connectivity index (χ1v) is 5.66. The van der Waals surface area contributed by atoms with Crippen molar-refractivity contribution in [3.8, 4) is 12.3 Å². The highest BCUT2D eigenvalue weighted by Gasteiger charge is 2.14. The molecule has 0 saturated carbocycles. The van der Waals surface area contributed by atoms with Crippen molar-refractivity contribution >= 4 is 0 Å². The first-order valence-electron chi connectivity index (χ1n) is 5.66. The molecule has 1 unspecified atom stereocenters. The average molecular weight is 217 g/mol. The second-order valence-corrected chi connectivity index (χ2v) is 3.83. The van der Waals surface area contributed by atoms with Crippen LogP contribution in [0.5, 0.6) is 0 Å². The molecular weight excluding hydrogens is 198 g/mol. The quantitative estimate of drug-likeness (QED) is 0.767. The van der Waals surface area contributed by atoms with Crippen LogP contribution in [0.4, 0.5) is 0 Å². The summed E-state index contributed by atoms with van der Waals surface area (Å²) >= 11 is 0. The van der Waals surface area contributed by atoms with E-state index in [0.29, 0.717) is 0 Å². The minimum Gasteiger partial charge on any atom is -0.313 e. The van der Waals surface area contributed by atoms with Crippen LogP contribution in [0.3, 0.4) is 0 Å². The standard InChI is InChI=1S/C13H19N3/c1-5-7-8-13(14-4)11-9-10(3)15-16-12(11)6-2/h1,9,13-14H,6-8H2,2-4H3. The van der Waals surface area contributed by atoms with Gasteiger partial charge in [0.2, 0.25) is 0 Å². The maximum absolute atomic E-state index is 5.30. The fourth-order valence-corrected chi connectivity index (χ4v) is 1.79. The average Bonchev–Trinajstić information content (AvgIpc) is 2.30. The van der Waals surface area contributed by atoms with E-state index in [-0.39, 0.29) is 6.04 Å². The zero-order chi connectivity index (χ0) is 12.0. The molecule has 1 atom stereocenters. The second-order valence-electron chi connectivity index (χ2n) is 3.83. The van der Waals surface area contributed by atoms with E-state index in [4.69, 9.17) is 6.42 Å². The summed E-state index contributed by atoms with van der Waals surface area (Å²) in [6.45, 7) is 4.06. The highest BCUT2D eigenvalue weighted by molar-refractivity contribution is 5.25. The molecule has 1 heterocycles. The van der Waals surface area contributed by atoms with E-state index in [1.807, 2.05) is 14.0 Å². The minimum atomic E-state index is 0.278. The van der Waals surface area contributed by atoms with Gasteiger partial charge in [0.15, 0.2) is 0 Å². The van der Waals surface area contributed by atoms with E-state index >= 15 is 0 Å². The van der Waals surface area contributed by atoms with Gasteiger partial charge in [0.1, 0.15) is 0 Å². The van der Waals surface area contributed by atoms with Gasteiger partial charge >= 0.3 is 0 Å². The number of terminal acetylenes is 1. The van der Waals surface area contributed by atoms with Gasteiger partial charge in [-0.05, 0) is 38.4 Å². The van der Waals surface area contributed by atoms with E-state index in [2.05, 4.69) is 34.4 Å². The molecule has 1 N–H and O–H groups in total. The van der Waals surface area contributed by atoms with Crippen LogP contribution < -0.4 is 5.32 Å². The van der Waals surface area contributed by atoms with Gasteiger partial charge in [-0.15, -0.1) is 12.3 Å². The number of hydrogen-bond donors (Lipinski definition) is 1. The molecule has 0 aliphatic carbocycles. The highest BCUT2D eigenvalue weighted by Crippen LogP contribution is 2.21. The summed E-state index contributed by atoms with van der Waals surface area (Å²) in [6.07, 6.45) is 7.91. The van der Waals surface area contributed by atoms with Crippen molar-refractivity contribution < 1.29 is 0 Å². The molecule has 0 radical (unpaired) electrons. The minimum absolute atomic E-state index is 0.278. The van der Waals surface area contributed by atoms with E-state index < -0.39 is 0 Å². The summed E-state index contributed by atoms with van der Waals surface area (Å²) in [5, 5.41) is 11.6. The van der Waals surface area contributed by atoms with E-state index in [0.717, 1.165) is 30.7 Å². The van der Waals surface area contributed by atoms with E-state index in [9.17, 15) is 0 Å². The van der Waals surface area contributed by atoms with Crippen molar-refractivity contribution in [3.63, 3.8) is 0 Å². The molecule has 86 valence electrons. The molecule has 0 aliphatic heterocycles. The molecule has 0 fully saturated rings. The first kappa shape index (κ1) is 12.7. The topological polar surface area (TPSA) is 37.8 Å². The van der Waals surface area contributed by atoms with E-state index in [1.165, 1.54) is 5.56 Å². The predicted octanol–water partition coefficient (Wildman–Crippen LogP) is 2.02. The smallest absolute Gasteiger partial charge is 0.0676 e.